The smallest absolute Gasteiger partial charge is 0.228 e. The molecule has 0 spiro atoms. The minimum absolute atomic E-state index is 0.0321. The molecule has 0 bridgehead atoms. The molecule has 0 aliphatic carbocycles. The van der Waals surface area contributed by atoms with Gasteiger partial charge in [0.15, 0.2) is 0 Å². The number of hydrogen-bond donors (Lipinski definition) is 0. The van der Waals surface area contributed by atoms with E-state index in [1.165, 1.54) is 16.1 Å². The Morgan fingerprint density at radius 2 is 2.04 bits per heavy atom. The van der Waals surface area contributed by atoms with Crippen molar-refractivity contribution in [2.45, 2.75) is 19.3 Å². The summed E-state index contributed by atoms with van der Waals surface area (Å²) in [7, 11) is -1.74. The number of anilines is 1. The molecule has 1 aliphatic heterocycles. The van der Waals surface area contributed by atoms with E-state index in [-0.39, 0.29) is 18.9 Å². The number of fused-ring (bicyclic) bond motifs is 1. The third-order valence-corrected chi connectivity index (χ3v) is 5.29. The van der Waals surface area contributed by atoms with Gasteiger partial charge in [-0.15, -0.1) is 0 Å². The van der Waals surface area contributed by atoms with Gasteiger partial charge in [0.1, 0.15) is 0 Å². The third-order valence-electron chi connectivity index (χ3n) is 3.99. The number of sulfonamides is 1. The third kappa shape index (κ3) is 4.76. The predicted octanol–water partition coefficient (Wildman–Crippen LogP) is 1.26. The van der Waals surface area contributed by atoms with Gasteiger partial charge in [-0.25, -0.2) is 12.7 Å². The molecule has 128 valence electrons. The summed E-state index contributed by atoms with van der Waals surface area (Å²) in [6, 6.07) is 7.84. The van der Waals surface area contributed by atoms with Crippen molar-refractivity contribution in [2.75, 3.05) is 44.5 Å². The Balaban J connectivity index is 1.94. The largest absolute Gasteiger partial charge is 0.385 e. The predicted molar refractivity (Wildman–Crippen MR) is 90.0 cm³/mol. The van der Waals surface area contributed by atoms with Crippen LogP contribution in [0.4, 0.5) is 5.69 Å². The molecule has 0 unspecified atom stereocenters. The number of hydrogen-bond acceptors (Lipinski definition) is 4. The summed E-state index contributed by atoms with van der Waals surface area (Å²) in [5.41, 5.74) is 2.11. The fraction of sp³-hybridized carbons (Fsp3) is 0.562. The van der Waals surface area contributed by atoms with Crippen molar-refractivity contribution in [3.8, 4) is 0 Å². The summed E-state index contributed by atoms with van der Waals surface area (Å²) in [4.78, 5) is 14.2. The van der Waals surface area contributed by atoms with Crippen molar-refractivity contribution >= 4 is 21.6 Å². The molecule has 1 aliphatic rings. The van der Waals surface area contributed by atoms with E-state index in [4.69, 9.17) is 4.74 Å². The molecule has 1 aromatic carbocycles. The number of carbonyl (C=O) groups excluding carboxylic acids is 1. The van der Waals surface area contributed by atoms with Gasteiger partial charge >= 0.3 is 0 Å². The monoisotopic (exact) mass is 340 g/mol. The first-order valence-electron chi connectivity index (χ1n) is 7.76. The zero-order valence-electron chi connectivity index (χ0n) is 13.7. The van der Waals surface area contributed by atoms with Gasteiger partial charge in [0.2, 0.25) is 15.9 Å². The Hall–Kier alpha value is -1.44. The van der Waals surface area contributed by atoms with Crippen molar-refractivity contribution in [3.63, 3.8) is 0 Å². The van der Waals surface area contributed by atoms with Crippen LogP contribution in [-0.4, -0.2) is 58.2 Å². The van der Waals surface area contributed by atoms with Crippen molar-refractivity contribution in [1.82, 2.24) is 4.31 Å². The fourth-order valence-electron chi connectivity index (χ4n) is 2.78. The minimum atomic E-state index is -3.32. The minimum Gasteiger partial charge on any atom is -0.385 e. The average molecular weight is 340 g/mol. The van der Waals surface area contributed by atoms with Crippen molar-refractivity contribution in [1.29, 1.82) is 0 Å². The van der Waals surface area contributed by atoms with Crippen LogP contribution in [0, 0.1) is 0 Å². The van der Waals surface area contributed by atoms with Crippen LogP contribution in [-0.2, 0) is 26.0 Å². The first kappa shape index (κ1) is 17.9. The summed E-state index contributed by atoms with van der Waals surface area (Å²) in [5, 5.41) is 0. The summed E-state index contributed by atoms with van der Waals surface area (Å²) in [6.45, 7) is 1.75. The lowest BCUT2D eigenvalue weighted by Crippen LogP contribution is -2.37. The number of nitrogens with zero attached hydrogens (tertiary/aromatic N) is 2. The van der Waals surface area contributed by atoms with Crippen LogP contribution < -0.4 is 4.90 Å². The first-order valence-corrected chi connectivity index (χ1v) is 9.60. The Morgan fingerprint density at radius 1 is 1.30 bits per heavy atom. The molecular formula is C16H24N2O4S. The second kappa shape index (κ2) is 7.90. The highest BCUT2D eigenvalue weighted by Gasteiger charge is 2.25. The zero-order chi connectivity index (χ0) is 16.9. The molecule has 0 saturated heterocycles. The second-order valence-corrected chi connectivity index (χ2v) is 7.66. The lowest BCUT2D eigenvalue weighted by molar-refractivity contribution is -0.118. The van der Waals surface area contributed by atoms with Crippen LogP contribution >= 0.6 is 0 Å². The zero-order valence-corrected chi connectivity index (χ0v) is 14.5. The van der Waals surface area contributed by atoms with Gasteiger partial charge in [-0.2, -0.15) is 0 Å². The number of benzene rings is 1. The highest BCUT2D eigenvalue weighted by Crippen LogP contribution is 2.27. The molecule has 2 rings (SSSR count). The van der Waals surface area contributed by atoms with E-state index >= 15 is 0 Å². The Labute approximate surface area is 138 Å². The van der Waals surface area contributed by atoms with Gasteiger partial charge in [0.25, 0.3) is 0 Å². The molecule has 0 saturated carbocycles. The maximum atomic E-state index is 12.4. The van der Waals surface area contributed by atoms with Crippen molar-refractivity contribution in [3.05, 3.63) is 29.8 Å². The highest BCUT2D eigenvalue weighted by molar-refractivity contribution is 7.88. The van der Waals surface area contributed by atoms with Gasteiger partial charge in [-0.1, -0.05) is 18.2 Å². The lowest BCUT2D eigenvalue weighted by atomic mass is 10.2. The summed E-state index contributed by atoms with van der Waals surface area (Å²) < 4.78 is 29.9. The molecule has 0 fully saturated rings. The van der Waals surface area contributed by atoms with E-state index in [0.29, 0.717) is 26.1 Å². The topological polar surface area (TPSA) is 66.9 Å². The van der Waals surface area contributed by atoms with Crippen LogP contribution in [0.1, 0.15) is 18.4 Å². The van der Waals surface area contributed by atoms with Gasteiger partial charge in [-0.05, 0) is 24.5 Å². The van der Waals surface area contributed by atoms with E-state index in [0.717, 1.165) is 12.1 Å². The van der Waals surface area contributed by atoms with Gasteiger partial charge < -0.3 is 9.64 Å². The molecule has 1 heterocycles. The number of rotatable bonds is 8. The fourth-order valence-corrected chi connectivity index (χ4v) is 3.66. The molecule has 0 radical (unpaired) electrons. The number of carbonyl (C=O) groups is 1. The summed E-state index contributed by atoms with van der Waals surface area (Å²) in [5.74, 6) is -0.0321. The number of ether oxygens (including phenoxy) is 1. The number of para-hydroxylation sites is 1. The van der Waals surface area contributed by atoms with E-state index in [1.54, 1.807) is 12.0 Å². The normalized spacial score (nSPS) is 14.3. The molecule has 0 N–H and O–H groups in total. The van der Waals surface area contributed by atoms with E-state index in [1.807, 2.05) is 24.3 Å². The molecule has 7 heteroatoms. The van der Waals surface area contributed by atoms with Crippen LogP contribution in [0.15, 0.2) is 24.3 Å². The molecule has 1 aromatic rings. The van der Waals surface area contributed by atoms with Crippen LogP contribution in [0.3, 0.4) is 0 Å². The maximum absolute atomic E-state index is 12.4. The van der Waals surface area contributed by atoms with Crippen LogP contribution in [0.2, 0.25) is 0 Å². The Morgan fingerprint density at radius 3 is 2.74 bits per heavy atom. The molecule has 0 atom stereocenters. The Bertz CT molecular complexity index is 645. The molecular weight excluding hydrogens is 316 g/mol. The average Bonchev–Trinajstić information content (AvgIpc) is 2.93. The lowest BCUT2D eigenvalue weighted by Gasteiger charge is -2.22. The van der Waals surface area contributed by atoms with E-state index in [9.17, 15) is 13.2 Å². The summed E-state index contributed by atoms with van der Waals surface area (Å²) in [6.07, 6.45) is 2.83. The quantitative estimate of drug-likeness (QED) is 0.668. The van der Waals surface area contributed by atoms with Crippen molar-refractivity contribution < 1.29 is 17.9 Å². The SMILES string of the molecule is COCCCN(CCC(=O)N1CCc2ccccc21)S(C)(=O)=O. The summed E-state index contributed by atoms with van der Waals surface area (Å²) >= 11 is 0. The van der Waals surface area contributed by atoms with Crippen LogP contribution in [0.25, 0.3) is 0 Å². The molecule has 1 amide bonds. The molecule has 23 heavy (non-hydrogen) atoms. The second-order valence-electron chi connectivity index (χ2n) is 5.68. The van der Waals surface area contributed by atoms with Gasteiger partial charge in [0, 0.05) is 45.5 Å². The van der Waals surface area contributed by atoms with E-state index < -0.39 is 10.0 Å². The molecule has 6 nitrogen and oxygen atoms in total. The standard InChI is InChI=1S/C16H24N2O4S/c1-22-13-5-10-17(23(2,20)21)11-9-16(19)18-12-8-14-6-3-4-7-15(14)18/h3-4,6-7H,5,8-13H2,1-2H3. The van der Waals surface area contributed by atoms with Gasteiger partial charge in [0.05, 0.1) is 6.26 Å². The van der Waals surface area contributed by atoms with E-state index in [2.05, 4.69) is 0 Å². The maximum Gasteiger partial charge on any atom is 0.228 e. The van der Waals surface area contributed by atoms with Crippen LogP contribution in [0.5, 0.6) is 0 Å². The number of methoxy groups -OCH3 is 1. The van der Waals surface area contributed by atoms with Gasteiger partial charge in [-0.3, -0.25) is 4.79 Å². The number of amides is 1. The highest BCUT2D eigenvalue weighted by atomic mass is 32.2. The van der Waals surface area contributed by atoms with Crippen molar-refractivity contribution in [2.24, 2.45) is 0 Å². The molecule has 0 aromatic heterocycles. The first-order chi connectivity index (χ1) is 10.9. The Kier molecular flexibility index (Phi) is 6.15.